The van der Waals surface area contributed by atoms with Crippen molar-refractivity contribution in [2.24, 2.45) is 0 Å². The summed E-state index contributed by atoms with van der Waals surface area (Å²) < 4.78 is 11.0. The van der Waals surface area contributed by atoms with Crippen molar-refractivity contribution in [2.45, 2.75) is 6.04 Å². The largest absolute Gasteiger partial charge is 0.497 e. The fourth-order valence-corrected chi connectivity index (χ4v) is 3.24. The second kappa shape index (κ2) is 5.23. The SMILES string of the molecule is COc1cccc(C2c3c(oc4ccccc4c3=O)C(=O)N2C)c1. The summed E-state index contributed by atoms with van der Waals surface area (Å²) >= 11 is 0. The van der Waals surface area contributed by atoms with E-state index in [4.69, 9.17) is 9.15 Å². The first-order valence-electron chi connectivity index (χ1n) is 7.58. The summed E-state index contributed by atoms with van der Waals surface area (Å²) in [6, 6.07) is 13.9. The van der Waals surface area contributed by atoms with Crippen molar-refractivity contribution < 1.29 is 13.9 Å². The average molecular weight is 321 g/mol. The van der Waals surface area contributed by atoms with Crippen molar-refractivity contribution in [2.75, 3.05) is 14.2 Å². The quantitative estimate of drug-likeness (QED) is 0.728. The van der Waals surface area contributed by atoms with Gasteiger partial charge >= 0.3 is 0 Å². The molecule has 24 heavy (non-hydrogen) atoms. The van der Waals surface area contributed by atoms with Gasteiger partial charge in [0, 0.05) is 7.05 Å². The van der Waals surface area contributed by atoms with Crippen molar-refractivity contribution in [3.05, 3.63) is 75.6 Å². The molecule has 0 bridgehead atoms. The molecule has 0 N–H and O–H groups in total. The van der Waals surface area contributed by atoms with Crippen LogP contribution in [0.4, 0.5) is 0 Å². The Balaban J connectivity index is 2.01. The molecule has 2 heterocycles. The molecule has 1 aromatic heterocycles. The topological polar surface area (TPSA) is 59.8 Å². The lowest BCUT2D eigenvalue weighted by Crippen LogP contribution is -2.25. The minimum Gasteiger partial charge on any atom is -0.497 e. The fourth-order valence-electron chi connectivity index (χ4n) is 3.24. The molecule has 0 radical (unpaired) electrons. The van der Waals surface area contributed by atoms with Crippen molar-refractivity contribution in [3.8, 4) is 5.75 Å². The third-order valence-corrected chi connectivity index (χ3v) is 4.42. The molecular formula is C19H15NO4. The molecule has 3 aromatic rings. The summed E-state index contributed by atoms with van der Waals surface area (Å²) in [6.45, 7) is 0. The van der Waals surface area contributed by atoms with E-state index in [1.807, 2.05) is 24.3 Å². The second-order valence-electron chi connectivity index (χ2n) is 5.77. The first-order valence-corrected chi connectivity index (χ1v) is 7.58. The molecule has 0 saturated carbocycles. The Bertz CT molecular complexity index is 1020. The normalized spacial score (nSPS) is 16.5. The van der Waals surface area contributed by atoms with E-state index in [2.05, 4.69) is 0 Å². The fraction of sp³-hybridized carbons (Fsp3) is 0.158. The van der Waals surface area contributed by atoms with Crippen molar-refractivity contribution in [1.82, 2.24) is 4.90 Å². The molecule has 1 atom stereocenters. The lowest BCUT2D eigenvalue weighted by molar-refractivity contribution is 0.0771. The van der Waals surface area contributed by atoms with Crippen molar-refractivity contribution >= 4 is 16.9 Å². The Kier molecular flexibility index (Phi) is 3.16. The molecule has 0 fully saturated rings. The van der Waals surface area contributed by atoms with Gasteiger partial charge in [-0.05, 0) is 29.8 Å². The number of rotatable bonds is 2. The Morgan fingerprint density at radius 2 is 1.88 bits per heavy atom. The highest BCUT2D eigenvalue weighted by Crippen LogP contribution is 2.37. The monoisotopic (exact) mass is 321 g/mol. The number of carbonyl (C=O) groups is 1. The van der Waals surface area contributed by atoms with Gasteiger partial charge in [0.25, 0.3) is 5.91 Å². The summed E-state index contributed by atoms with van der Waals surface area (Å²) in [6.07, 6.45) is 0. The molecule has 1 aliphatic rings. The van der Waals surface area contributed by atoms with E-state index in [1.165, 1.54) is 4.90 Å². The Morgan fingerprint density at radius 1 is 1.08 bits per heavy atom. The van der Waals surface area contributed by atoms with E-state index in [1.54, 1.807) is 38.4 Å². The molecule has 4 rings (SSSR count). The molecular weight excluding hydrogens is 306 g/mol. The number of hydrogen-bond acceptors (Lipinski definition) is 4. The molecule has 5 heteroatoms. The van der Waals surface area contributed by atoms with Crippen LogP contribution in [0.25, 0.3) is 11.0 Å². The van der Waals surface area contributed by atoms with E-state index in [9.17, 15) is 9.59 Å². The van der Waals surface area contributed by atoms with Crippen LogP contribution in [-0.2, 0) is 0 Å². The summed E-state index contributed by atoms with van der Waals surface area (Å²) in [5.41, 5.74) is 1.45. The number of ether oxygens (including phenoxy) is 1. The van der Waals surface area contributed by atoms with E-state index < -0.39 is 6.04 Å². The van der Waals surface area contributed by atoms with E-state index >= 15 is 0 Å². The van der Waals surface area contributed by atoms with Crippen molar-refractivity contribution in [3.63, 3.8) is 0 Å². The molecule has 5 nitrogen and oxygen atoms in total. The van der Waals surface area contributed by atoms with Crippen LogP contribution in [0.2, 0.25) is 0 Å². The van der Waals surface area contributed by atoms with Crippen LogP contribution < -0.4 is 10.2 Å². The van der Waals surface area contributed by atoms with Gasteiger partial charge in [-0.15, -0.1) is 0 Å². The maximum atomic E-state index is 13.0. The standard InChI is InChI=1S/C19H15NO4/c1-20-16(11-6-5-7-12(10-11)23-2)15-17(21)13-8-3-4-9-14(13)24-18(15)19(20)22/h3-10,16H,1-2H3. The molecule has 0 aliphatic carbocycles. The van der Waals surface area contributed by atoms with Crippen LogP contribution in [0.15, 0.2) is 57.7 Å². The zero-order valence-corrected chi connectivity index (χ0v) is 13.3. The average Bonchev–Trinajstić information content (AvgIpc) is 2.87. The van der Waals surface area contributed by atoms with Gasteiger partial charge < -0.3 is 14.1 Å². The van der Waals surface area contributed by atoms with E-state index in [0.29, 0.717) is 22.3 Å². The molecule has 0 spiro atoms. The maximum Gasteiger partial charge on any atom is 0.290 e. The zero-order chi connectivity index (χ0) is 16.8. The van der Waals surface area contributed by atoms with Gasteiger partial charge in [0.1, 0.15) is 11.3 Å². The lowest BCUT2D eigenvalue weighted by Gasteiger charge is -2.20. The van der Waals surface area contributed by atoms with Crippen LogP contribution in [0, 0.1) is 0 Å². The van der Waals surface area contributed by atoms with Crippen LogP contribution in [-0.4, -0.2) is 25.0 Å². The highest BCUT2D eigenvalue weighted by Gasteiger charge is 2.40. The summed E-state index contributed by atoms with van der Waals surface area (Å²) in [7, 11) is 3.25. The van der Waals surface area contributed by atoms with Crippen molar-refractivity contribution in [1.29, 1.82) is 0 Å². The van der Waals surface area contributed by atoms with Crippen LogP contribution in [0.5, 0.6) is 5.75 Å². The Labute approximate surface area is 138 Å². The van der Waals surface area contributed by atoms with Crippen LogP contribution in [0.1, 0.15) is 27.7 Å². The molecule has 120 valence electrons. The zero-order valence-electron chi connectivity index (χ0n) is 13.3. The minimum atomic E-state index is -0.483. The smallest absolute Gasteiger partial charge is 0.290 e. The first kappa shape index (κ1) is 14.5. The van der Waals surface area contributed by atoms with E-state index in [0.717, 1.165) is 5.56 Å². The number of nitrogens with zero attached hydrogens (tertiary/aromatic N) is 1. The number of carbonyl (C=O) groups excluding carboxylic acids is 1. The number of fused-ring (bicyclic) bond motifs is 2. The highest BCUT2D eigenvalue weighted by atomic mass is 16.5. The van der Waals surface area contributed by atoms with Gasteiger partial charge in [0.15, 0.2) is 5.43 Å². The predicted octanol–water partition coefficient (Wildman–Crippen LogP) is 2.98. The lowest BCUT2D eigenvalue weighted by atomic mass is 9.98. The third-order valence-electron chi connectivity index (χ3n) is 4.42. The van der Waals surface area contributed by atoms with Gasteiger partial charge in [-0.3, -0.25) is 9.59 Å². The Morgan fingerprint density at radius 3 is 2.67 bits per heavy atom. The number of amides is 1. The van der Waals surface area contributed by atoms with Gasteiger partial charge in [-0.25, -0.2) is 0 Å². The van der Waals surface area contributed by atoms with Gasteiger partial charge in [-0.1, -0.05) is 24.3 Å². The molecule has 1 aliphatic heterocycles. The maximum absolute atomic E-state index is 13.0. The van der Waals surface area contributed by atoms with Crippen LogP contribution in [0.3, 0.4) is 0 Å². The second-order valence-corrected chi connectivity index (χ2v) is 5.77. The number of benzene rings is 2. The number of hydrogen-bond donors (Lipinski definition) is 0. The van der Waals surface area contributed by atoms with E-state index in [-0.39, 0.29) is 17.1 Å². The van der Waals surface area contributed by atoms with Gasteiger partial charge in [-0.2, -0.15) is 0 Å². The first-order chi connectivity index (χ1) is 11.6. The number of para-hydroxylation sites is 1. The third kappa shape index (κ3) is 1.94. The molecule has 0 saturated heterocycles. The predicted molar refractivity (Wildman–Crippen MR) is 89.4 cm³/mol. The summed E-state index contributed by atoms with van der Waals surface area (Å²) in [4.78, 5) is 27.1. The number of methoxy groups -OCH3 is 1. The molecule has 1 unspecified atom stereocenters. The molecule has 1 amide bonds. The van der Waals surface area contributed by atoms with Gasteiger partial charge in [0.2, 0.25) is 5.76 Å². The summed E-state index contributed by atoms with van der Waals surface area (Å²) in [5.74, 6) is 0.502. The molecule has 2 aromatic carbocycles. The van der Waals surface area contributed by atoms with Crippen LogP contribution >= 0.6 is 0 Å². The minimum absolute atomic E-state index is 0.119. The Hall–Kier alpha value is -3.08. The van der Waals surface area contributed by atoms with Gasteiger partial charge in [0.05, 0.1) is 24.1 Å². The summed E-state index contributed by atoms with van der Waals surface area (Å²) in [5, 5.41) is 0.479. The highest BCUT2D eigenvalue weighted by molar-refractivity contribution is 5.98.